The summed E-state index contributed by atoms with van der Waals surface area (Å²) in [4.78, 5) is 11.9. The SMILES string of the molecule is CC(CC(=O)Nc1cccc(F)c1I)CC(C)(C)C. The molecule has 1 rings (SSSR count). The van der Waals surface area contributed by atoms with Crippen LogP contribution in [0.5, 0.6) is 0 Å². The third-order valence-corrected chi connectivity index (χ3v) is 3.82. The fraction of sp³-hybridized carbons (Fsp3) is 0.533. The fourth-order valence-corrected chi connectivity index (χ4v) is 2.73. The van der Waals surface area contributed by atoms with Gasteiger partial charge in [0.2, 0.25) is 5.91 Å². The summed E-state index contributed by atoms with van der Waals surface area (Å²) in [7, 11) is 0. The highest BCUT2D eigenvalue weighted by molar-refractivity contribution is 14.1. The molecule has 1 unspecified atom stereocenters. The average Bonchev–Trinajstić information content (AvgIpc) is 2.21. The highest BCUT2D eigenvalue weighted by Crippen LogP contribution is 2.27. The number of nitrogens with one attached hydrogen (secondary N) is 1. The number of amides is 1. The third kappa shape index (κ3) is 5.89. The van der Waals surface area contributed by atoms with Crippen molar-refractivity contribution in [2.45, 2.75) is 40.5 Å². The number of anilines is 1. The monoisotopic (exact) mass is 377 g/mol. The van der Waals surface area contributed by atoms with E-state index in [0.29, 0.717) is 21.6 Å². The maximum Gasteiger partial charge on any atom is 0.224 e. The summed E-state index contributed by atoms with van der Waals surface area (Å²) >= 11 is 1.90. The van der Waals surface area contributed by atoms with Crippen molar-refractivity contribution in [1.29, 1.82) is 0 Å². The van der Waals surface area contributed by atoms with Crippen LogP contribution in [-0.2, 0) is 4.79 Å². The Labute approximate surface area is 128 Å². The standard InChI is InChI=1S/C15H21FINO/c1-10(9-15(2,3)4)8-13(19)18-12-7-5-6-11(16)14(12)17/h5-7,10H,8-9H2,1-4H3,(H,18,19). The second-order valence-electron chi connectivity index (χ2n) is 6.22. The molecule has 1 atom stereocenters. The molecule has 0 aliphatic carbocycles. The van der Waals surface area contributed by atoms with Gasteiger partial charge in [-0.15, -0.1) is 0 Å². The molecule has 0 fully saturated rings. The van der Waals surface area contributed by atoms with Crippen LogP contribution >= 0.6 is 22.6 Å². The average molecular weight is 377 g/mol. The van der Waals surface area contributed by atoms with Crippen molar-refractivity contribution in [3.05, 3.63) is 27.6 Å². The molecule has 19 heavy (non-hydrogen) atoms. The molecule has 1 aromatic carbocycles. The number of hydrogen-bond donors (Lipinski definition) is 1. The van der Waals surface area contributed by atoms with E-state index in [0.717, 1.165) is 6.42 Å². The first kappa shape index (κ1) is 16.4. The molecule has 0 bridgehead atoms. The van der Waals surface area contributed by atoms with Gasteiger partial charge in [-0.2, -0.15) is 0 Å². The molecule has 1 amide bonds. The Morgan fingerprint density at radius 3 is 2.63 bits per heavy atom. The normalized spacial score (nSPS) is 13.2. The molecular weight excluding hydrogens is 356 g/mol. The van der Waals surface area contributed by atoms with Crippen LogP contribution in [0.3, 0.4) is 0 Å². The van der Waals surface area contributed by atoms with Gasteiger partial charge in [0.05, 0.1) is 9.26 Å². The molecule has 0 radical (unpaired) electrons. The van der Waals surface area contributed by atoms with E-state index >= 15 is 0 Å². The predicted octanol–water partition coefficient (Wildman–Crippen LogP) is 4.83. The van der Waals surface area contributed by atoms with Crippen molar-refractivity contribution in [1.82, 2.24) is 0 Å². The lowest BCUT2D eigenvalue weighted by Crippen LogP contribution is -2.19. The van der Waals surface area contributed by atoms with Gasteiger partial charge in [-0.1, -0.05) is 33.8 Å². The first-order valence-electron chi connectivity index (χ1n) is 6.43. The first-order valence-corrected chi connectivity index (χ1v) is 7.51. The van der Waals surface area contributed by atoms with Crippen LogP contribution in [0.2, 0.25) is 0 Å². The lowest BCUT2D eigenvalue weighted by Gasteiger charge is -2.22. The van der Waals surface area contributed by atoms with Gasteiger partial charge in [-0.25, -0.2) is 4.39 Å². The second-order valence-corrected chi connectivity index (χ2v) is 7.30. The van der Waals surface area contributed by atoms with Crippen LogP contribution in [0.15, 0.2) is 18.2 Å². The first-order chi connectivity index (χ1) is 8.69. The molecule has 1 N–H and O–H groups in total. The zero-order valence-electron chi connectivity index (χ0n) is 11.9. The van der Waals surface area contributed by atoms with Crippen molar-refractivity contribution in [2.75, 3.05) is 5.32 Å². The van der Waals surface area contributed by atoms with Crippen LogP contribution in [0, 0.1) is 20.7 Å². The minimum Gasteiger partial charge on any atom is -0.325 e. The third-order valence-electron chi connectivity index (χ3n) is 2.72. The van der Waals surface area contributed by atoms with E-state index in [2.05, 4.69) is 33.0 Å². The number of hydrogen-bond acceptors (Lipinski definition) is 1. The summed E-state index contributed by atoms with van der Waals surface area (Å²) in [5, 5.41) is 2.78. The molecule has 106 valence electrons. The van der Waals surface area contributed by atoms with Crippen molar-refractivity contribution >= 4 is 34.2 Å². The number of halogens is 2. The molecule has 0 heterocycles. The zero-order chi connectivity index (χ0) is 14.6. The van der Waals surface area contributed by atoms with E-state index in [9.17, 15) is 9.18 Å². The lowest BCUT2D eigenvalue weighted by molar-refractivity contribution is -0.117. The highest BCUT2D eigenvalue weighted by atomic mass is 127. The van der Waals surface area contributed by atoms with Gasteiger partial charge in [0.15, 0.2) is 0 Å². The Balaban J connectivity index is 2.58. The quantitative estimate of drug-likeness (QED) is 0.749. The fourth-order valence-electron chi connectivity index (χ4n) is 2.24. The molecule has 2 nitrogen and oxygen atoms in total. The molecule has 4 heteroatoms. The number of carbonyl (C=O) groups excluding carboxylic acids is 1. The summed E-state index contributed by atoms with van der Waals surface area (Å²) in [6.07, 6.45) is 1.45. The van der Waals surface area contributed by atoms with Gasteiger partial charge in [0.25, 0.3) is 0 Å². The minimum absolute atomic E-state index is 0.0553. The van der Waals surface area contributed by atoms with Crippen LogP contribution in [0.25, 0.3) is 0 Å². The van der Waals surface area contributed by atoms with Gasteiger partial charge in [0, 0.05) is 6.42 Å². The highest BCUT2D eigenvalue weighted by Gasteiger charge is 2.18. The van der Waals surface area contributed by atoms with Crippen LogP contribution in [0.1, 0.15) is 40.5 Å². The van der Waals surface area contributed by atoms with Crippen LogP contribution < -0.4 is 5.32 Å². The van der Waals surface area contributed by atoms with E-state index in [-0.39, 0.29) is 17.1 Å². The molecule has 0 aliphatic rings. The summed E-state index contributed by atoms with van der Waals surface area (Å²) in [5.74, 6) is -0.0485. The largest absolute Gasteiger partial charge is 0.325 e. The number of carbonyl (C=O) groups is 1. The molecular formula is C15H21FINO. The summed E-state index contributed by atoms with van der Waals surface area (Å²) < 4.78 is 13.8. The van der Waals surface area contributed by atoms with Gasteiger partial charge >= 0.3 is 0 Å². The summed E-state index contributed by atoms with van der Waals surface area (Å²) in [6.45, 7) is 8.56. The Bertz CT molecular complexity index is 454. The Morgan fingerprint density at radius 1 is 1.42 bits per heavy atom. The van der Waals surface area contributed by atoms with E-state index < -0.39 is 0 Å². The zero-order valence-corrected chi connectivity index (χ0v) is 14.0. The van der Waals surface area contributed by atoms with Crippen LogP contribution in [0.4, 0.5) is 10.1 Å². The van der Waals surface area contributed by atoms with E-state index in [4.69, 9.17) is 0 Å². The van der Waals surface area contributed by atoms with Gasteiger partial charge < -0.3 is 5.32 Å². The molecule has 1 aromatic rings. The molecule has 0 saturated carbocycles. The van der Waals surface area contributed by atoms with E-state index in [1.165, 1.54) is 6.07 Å². The predicted molar refractivity (Wildman–Crippen MR) is 85.6 cm³/mol. The molecule has 0 saturated heterocycles. The maximum absolute atomic E-state index is 13.4. The number of rotatable bonds is 4. The minimum atomic E-state index is -0.305. The second kappa shape index (κ2) is 6.68. The molecule has 0 spiro atoms. The van der Waals surface area contributed by atoms with Crippen molar-refractivity contribution < 1.29 is 9.18 Å². The van der Waals surface area contributed by atoms with E-state index in [1.54, 1.807) is 12.1 Å². The smallest absolute Gasteiger partial charge is 0.224 e. The summed E-state index contributed by atoms with van der Waals surface area (Å²) in [5.41, 5.74) is 0.765. The van der Waals surface area contributed by atoms with Crippen molar-refractivity contribution in [2.24, 2.45) is 11.3 Å². The van der Waals surface area contributed by atoms with Crippen molar-refractivity contribution in [3.8, 4) is 0 Å². The molecule has 0 aromatic heterocycles. The Kier molecular flexibility index (Phi) is 5.77. The maximum atomic E-state index is 13.4. The topological polar surface area (TPSA) is 29.1 Å². The van der Waals surface area contributed by atoms with Crippen LogP contribution in [-0.4, -0.2) is 5.91 Å². The van der Waals surface area contributed by atoms with E-state index in [1.807, 2.05) is 22.6 Å². The van der Waals surface area contributed by atoms with Gasteiger partial charge in [0.1, 0.15) is 5.82 Å². The number of benzene rings is 1. The molecule has 0 aliphatic heterocycles. The van der Waals surface area contributed by atoms with Crippen molar-refractivity contribution in [3.63, 3.8) is 0 Å². The lowest BCUT2D eigenvalue weighted by atomic mass is 9.84. The Hall–Kier alpha value is -0.650. The summed E-state index contributed by atoms with van der Waals surface area (Å²) in [6, 6.07) is 4.71. The van der Waals surface area contributed by atoms with Gasteiger partial charge in [-0.3, -0.25) is 4.79 Å². The van der Waals surface area contributed by atoms with Gasteiger partial charge in [-0.05, 0) is 52.5 Å². The Morgan fingerprint density at radius 2 is 2.05 bits per heavy atom.